The number of benzene rings is 1. The molecule has 184 valence electrons. The molecular weight excluding hydrogens is 512 g/mol. The van der Waals surface area contributed by atoms with E-state index in [0.717, 1.165) is 6.07 Å². The van der Waals surface area contributed by atoms with Crippen LogP contribution in [0.25, 0.3) is 0 Å². The second-order valence-corrected chi connectivity index (χ2v) is 11.7. The summed E-state index contributed by atoms with van der Waals surface area (Å²) in [4.78, 5) is 34.6. The summed E-state index contributed by atoms with van der Waals surface area (Å²) in [5, 5.41) is 15.2. The molecule has 1 aliphatic heterocycles. The molecule has 11 heteroatoms. The van der Waals surface area contributed by atoms with Crippen LogP contribution in [-0.2, 0) is 14.3 Å². The Balaban J connectivity index is 1.31. The number of hydrogen-bond donors (Lipinski definition) is 2. The number of carboxylic acid groups (broad SMARTS) is 1. The molecule has 2 heterocycles. The summed E-state index contributed by atoms with van der Waals surface area (Å²) in [6.07, 6.45) is 1.63. The van der Waals surface area contributed by atoms with Crippen molar-refractivity contribution >= 4 is 40.7 Å². The Kier molecular flexibility index (Phi) is 3.74. The molecule has 7 nitrogen and oxygen atoms in total. The van der Waals surface area contributed by atoms with Gasteiger partial charge in [0.15, 0.2) is 22.5 Å². The normalized spacial score (nSPS) is 41.4. The summed E-state index contributed by atoms with van der Waals surface area (Å²) in [5.41, 5.74) is 0.127. The number of halogens is 3. The van der Waals surface area contributed by atoms with Crippen molar-refractivity contribution in [2.75, 3.05) is 6.61 Å². The van der Waals surface area contributed by atoms with Crippen molar-refractivity contribution < 1.29 is 28.2 Å². The van der Waals surface area contributed by atoms with Crippen LogP contribution in [0.5, 0.6) is 0 Å². The zero-order valence-corrected chi connectivity index (χ0v) is 20.2. The van der Waals surface area contributed by atoms with E-state index in [2.05, 4.69) is 10.3 Å². The van der Waals surface area contributed by atoms with Gasteiger partial charge in [-0.15, -0.1) is 11.3 Å². The van der Waals surface area contributed by atoms with E-state index in [1.165, 1.54) is 17.4 Å². The van der Waals surface area contributed by atoms with Gasteiger partial charge in [-0.1, -0.05) is 17.7 Å². The Hall–Kier alpha value is -2.85. The molecule has 1 aromatic carbocycles. The molecule has 0 amide bonds. The highest BCUT2D eigenvalue weighted by molar-refractivity contribution is 7.11. The van der Waals surface area contributed by atoms with Crippen LogP contribution in [0, 0.1) is 58.0 Å². The maximum atomic E-state index is 14.6. The molecule has 0 bridgehead atoms. The summed E-state index contributed by atoms with van der Waals surface area (Å²) in [6.45, 7) is 1.81. The van der Waals surface area contributed by atoms with Gasteiger partial charge in [0.05, 0.1) is 22.6 Å². The van der Waals surface area contributed by atoms with Crippen molar-refractivity contribution in [3.63, 3.8) is 0 Å². The van der Waals surface area contributed by atoms with Crippen LogP contribution in [-0.4, -0.2) is 34.5 Å². The van der Waals surface area contributed by atoms with E-state index in [4.69, 9.17) is 21.3 Å². The molecule has 36 heavy (non-hydrogen) atoms. The van der Waals surface area contributed by atoms with Crippen molar-refractivity contribution in [3.05, 3.63) is 62.2 Å². The van der Waals surface area contributed by atoms with Gasteiger partial charge in [-0.3, -0.25) is 9.79 Å². The fourth-order valence-corrected chi connectivity index (χ4v) is 10.0. The van der Waals surface area contributed by atoms with Crippen LogP contribution in [0.4, 0.5) is 8.78 Å². The van der Waals surface area contributed by atoms with E-state index in [-0.39, 0.29) is 58.7 Å². The van der Waals surface area contributed by atoms with Gasteiger partial charge in [0, 0.05) is 28.3 Å². The predicted molar refractivity (Wildman–Crippen MR) is 123 cm³/mol. The van der Waals surface area contributed by atoms with Gasteiger partial charge in [-0.25, -0.2) is 18.6 Å². The van der Waals surface area contributed by atoms with Gasteiger partial charge >= 0.3 is 11.9 Å². The molecule has 6 aliphatic carbocycles. The fraction of sp³-hybridized carbons (Fsp3) is 0.440. The minimum absolute atomic E-state index is 0.121. The molecule has 0 spiro atoms. The Bertz CT molecular complexity index is 1430. The van der Waals surface area contributed by atoms with Gasteiger partial charge < -0.3 is 15.2 Å². The van der Waals surface area contributed by atoms with Gasteiger partial charge in [0.25, 0.3) is 0 Å². The summed E-state index contributed by atoms with van der Waals surface area (Å²) in [5.74, 6) is -2.28. The maximum Gasteiger partial charge on any atom is 0.338 e. The average molecular weight is 530 g/mol. The number of amidine groups is 1. The molecule has 1 aromatic heterocycles. The lowest BCUT2D eigenvalue weighted by Crippen LogP contribution is -3.11. The number of aromatic nitrogens is 1. The number of esters is 1. The van der Waals surface area contributed by atoms with Crippen LogP contribution in [0.3, 0.4) is 0 Å². The van der Waals surface area contributed by atoms with E-state index in [1.54, 1.807) is 18.5 Å². The number of nitrogens with zero attached hydrogens (tertiary/aromatic N) is 2. The number of rotatable bonds is 6. The number of allylic oxidation sites excluding steroid dienone is 1. The first-order valence-electron chi connectivity index (χ1n) is 11.9. The van der Waals surface area contributed by atoms with E-state index >= 15 is 0 Å². The van der Waals surface area contributed by atoms with Gasteiger partial charge in [-0.2, -0.15) is 0 Å². The average Bonchev–Trinajstić information content (AvgIpc) is 3.41. The van der Waals surface area contributed by atoms with Gasteiger partial charge in [0.1, 0.15) is 6.04 Å². The lowest BCUT2D eigenvalue weighted by molar-refractivity contribution is -0.633. The first-order valence-corrected chi connectivity index (χ1v) is 13.1. The zero-order valence-electron chi connectivity index (χ0n) is 18.7. The number of aliphatic imine (C=N–C) groups is 1. The Morgan fingerprint density at radius 3 is 2.47 bits per heavy atom. The molecule has 1 atom stereocenters. The standard InChI is InChI=1S/C25H18ClF2N3O4S/c1-2-35-22(32)9-18(7-3-4-8(27)17(28)16(7)26)30-20(21-29-5-6-36-21)31-19(9)24-10-13-11(24)15-12(24)14(10)25(13,15)23(33)34/h3-6,10-15,18H,2H2,1H3,(H,30,31)(H,33,34)/t10?,11?,12?,13?,14?,15?,18-,24?,25?/m1/s1. The second-order valence-electron chi connectivity index (χ2n) is 10.4. The number of hydrogen-bond acceptors (Lipinski definition) is 7. The molecule has 2 aromatic rings. The lowest BCUT2D eigenvalue weighted by atomic mass is 8.92. The number of carboxylic acids is 1. The number of carbonyl (C=O) groups is 2. The third-order valence-electron chi connectivity index (χ3n) is 9.97. The van der Waals surface area contributed by atoms with Crippen LogP contribution < -0.4 is 5.32 Å². The molecule has 6 saturated carbocycles. The highest BCUT2D eigenvalue weighted by Crippen LogP contribution is 3.11. The number of thiazole rings is 1. The summed E-state index contributed by atoms with van der Waals surface area (Å²) in [6, 6.07) is 1.28. The zero-order chi connectivity index (χ0) is 24.9. The highest BCUT2D eigenvalue weighted by atomic mass is 35.5. The Morgan fingerprint density at radius 2 is 1.89 bits per heavy atom. The number of ether oxygens (including phenoxy) is 1. The Morgan fingerprint density at radius 1 is 1.19 bits per heavy atom. The van der Waals surface area contributed by atoms with Crippen LogP contribution in [0.15, 0.2) is 40.0 Å². The SMILES string of the molecule is CCOC(=O)C1=C(C23C4C5C2C2C3C4C52C(=O)O)NC(c2nccs2)=N[C@@H]1c1ccc(F)c(F)c1Cl. The number of carbonyl (C=O) groups excluding carboxylic acids is 1. The third-order valence-corrected chi connectivity index (χ3v) is 11.1. The number of nitrogens with one attached hydrogen (secondary N) is 1. The first-order chi connectivity index (χ1) is 17.3. The van der Waals surface area contributed by atoms with Crippen molar-refractivity contribution in [3.8, 4) is 0 Å². The van der Waals surface area contributed by atoms with E-state index in [1.807, 2.05) is 0 Å². The summed E-state index contributed by atoms with van der Waals surface area (Å²) >= 11 is 7.63. The van der Waals surface area contributed by atoms with E-state index < -0.39 is 40.1 Å². The molecule has 0 saturated heterocycles. The fourth-order valence-electron chi connectivity index (χ4n) is 9.19. The molecule has 0 radical (unpaired) electrons. The molecule has 2 N–H and O–H groups in total. The van der Waals surface area contributed by atoms with Gasteiger partial charge in [-0.05, 0) is 48.5 Å². The smallest absolute Gasteiger partial charge is 0.338 e. The lowest BCUT2D eigenvalue weighted by Gasteiger charge is -3.10. The molecule has 6 fully saturated rings. The second kappa shape index (κ2) is 6.34. The minimum atomic E-state index is -1.21. The quantitative estimate of drug-likeness (QED) is 0.436. The Labute approximate surface area is 212 Å². The van der Waals surface area contributed by atoms with E-state index in [9.17, 15) is 23.5 Å². The molecule has 7 aliphatic rings. The van der Waals surface area contributed by atoms with Crippen LogP contribution >= 0.6 is 22.9 Å². The topological polar surface area (TPSA) is 101 Å². The minimum Gasteiger partial charge on any atom is -0.481 e. The van der Waals surface area contributed by atoms with Crippen molar-refractivity contribution in [1.82, 2.24) is 10.3 Å². The van der Waals surface area contributed by atoms with Crippen molar-refractivity contribution in [1.29, 1.82) is 0 Å². The highest BCUT2D eigenvalue weighted by Gasteiger charge is 3.12. The van der Waals surface area contributed by atoms with Gasteiger partial charge in [0.2, 0.25) is 0 Å². The molecule has 0 unspecified atom stereocenters. The number of aliphatic carboxylic acids is 1. The van der Waals surface area contributed by atoms with Crippen LogP contribution in [0.1, 0.15) is 23.5 Å². The van der Waals surface area contributed by atoms with Crippen molar-refractivity contribution in [2.45, 2.75) is 13.0 Å². The first kappa shape index (κ1) is 21.3. The summed E-state index contributed by atoms with van der Waals surface area (Å²) < 4.78 is 33.9. The maximum absolute atomic E-state index is 14.6. The van der Waals surface area contributed by atoms with Crippen LogP contribution in [0.2, 0.25) is 5.02 Å². The van der Waals surface area contributed by atoms with Crippen molar-refractivity contribution in [2.24, 2.45) is 51.3 Å². The largest absolute Gasteiger partial charge is 0.481 e. The monoisotopic (exact) mass is 529 g/mol. The molecule has 9 rings (SSSR count). The predicted octanol–water partition coefficient (Wildman–Crippen LogP) is 3.81. The van der Waals surface area contributed by atoms with E-state index in [0.29, 0.717) is 16.5 Å². The third kappa shape index (κ3) is 1.84. The summed E-state index contributed by atoms with van der Waals surface area (Å²) in [7, 11) is 0. The molecular formula is C25H18ClF2N3O4S.